The molecule has 1 aromatic carbocycles. The zero-order chi connectivity index (χ0) is 18.1. The quantitative estimate of drug-likeness (QED) is 0.840. The summed E-state index contributed by atoms with van der Waals surface area (Å²) in [6, 6.07) is 5.32. The lowest BCUT2D eigenvalue weighted by molar-refractivity contribution is -0.147. The molecule has 0 bridgehead atoms. The van der Waals surface area contributed by atoms with Crippen molar-refractivity contribution in [3.05, 3.63) is 45.6 Å². The van der Waals surface area contributed by atoms with E-state index in [4.69, 9.17) is 11.6 Å². The fourth-order valence-electron chi connectivity index (χ4n) is 1.86. The number of aromatic nitrogens is 3. The predicted octanol–water partition coefficient (Wildman–Crippen LogP) is 1.23. The Bertz CT molecular complexity index is 888. The maximum absolute atomic E-state index is 12.6. The maximum atomic E-state index is 12.6. The van der Waals surface area contributed by atoms with Gasteiger partial charge in [-0.2, -0.15) is 13.2 Å². The highest BCUT2D eigenvalue weighted by molar-refractivity contribution is 7.89. The van der Waals surface area contributed by atoms with Gasteiger partial charge in [-0.1, -0.05) is 11.6 Å². The van der Waals surface area contributed by atoms with Crippen LogP contribution in [0.5, 0.6) is 0 Å². The molecule has 2 rings (SSSR count). The van der Waals surface area contributed by atoms with E-state index in [0.29, 0.717) is 14.3 Å². The Hall–Kier alpha value is -1.85. The Morgan fingerprint density at radius 1 is 1.25 bits per heavy atom. The van der Waals surface area contributed by atoms with Gasteiger partial charge in [0.2, 0.25) is 15.8 Å². The zero-order valence-electron chi connectivity index (χ0n) is 12.2. The second kappa shape index (κ2) is 6.57. The van der Waals surface area contributed by atoms with Crippen LogP contribution in [0.1, 0.15) is 5.82 Å². The molecule has 0 fully saturated rings. The molecule has 0 amide bonds. The SMILES string of the molecule is Cn1c(C(F)(F)F)nn(CCNS(=O)(=O)c2ccc(Cl)cc2)c1=O. The van der Waals surface area contributed by atoms with Gasteiger partial charge in [0.05, 0.1) is 11.4 Å². The lowest BCUT2D eigenvalue weighted by Gasteiger charge is -2.06. The van der Waals surface area contributed by atoms with Crippen molar-refractivity contribution < 1.29 is 21.6 Å². The normalized spacial score (nSPS) is 12.5. The fraction of sp³-hybridized carbons (Fsp3) is 0.333. The van der Waals surface area contributed by atoms with E-state index in [2.05, 4.69) is 9.82 Å². The van der Waals surface area contributed by atoms with E-state index < -0.39 is 27.7 Å². The summed E-state index contributed by atoms with van der Waals surface area (Å²) in [5, 5.41) is 3.53. The Balaban J connectivity index is 2.10. The molecule has 1 heterocycles. The zero-order valence-corrected chi connectivity index (χ0v) is 13.8. The highest BCUT2D eigenvalue weighted by Gasteiger charge is 2.37. The largest absolute Gasteiger partial charge is 0.451 e. The van der Waals surface area contributed by atoms with Crippen LogP contribution in [0, 0.1) is 0 Å². The molecule has 0 aliphatic carbocycles. The summed E-state index contributed by atoms with van der Waals surface area (Å²) >= 11 is 5.66. The summed E-state index contributed by atoms with van der Waals surface area (Å²) < 4.78 is 65.0. The molecule has 0 spiro atoms. The number of rotatable bonds is 5. The van der Waals surface area contributed by atoms with Crippen molar-refractivity contribution in [2.75, 3.05) is 6.54 Å². The molecule has 0 saturated heterocycles. The highest BCUT2D eigenvalue weighted by atomic mass is 35.5. The highest BCUT2D eigenvalue weighted by Crippen LogP contribution is 2.25. The molecule has 0 radical (unpaired) electrons. The molecule has 0 atom stereocenters. The van der Waals surface area contributed by atoms with Crippen LogP contribution >= 0.6 is 11.6 Å². The van der Waals surface area contributed by atoms with Crippen molar-refractivity contribution in [3.63, 3.8) is 0 Å². The Labute approximate surface area is 139 Å². The van der Waals surface area contributed by atoms with Gasteiger partial charge in [-0.15, -0.1) is 5.10 Å². The number of nitrogens with one attached hydrogen (secondary N) is 1. The molecule has 0 aliphatic heterocycles. The van der Waals surface area contributed by atoms with Crippen LogP contribution in [-0.4, -0.2) is 29.3 Å². The second-order valence-electron chi connectivity index (χ2n) is 4.74. The van der Waals surface area contributed by atoms with E-state index in [1.165, 1.54) is 24.3 Å². The Morgan fingerprint density at radius 2 is 1.83 bits per heavy atom. The summed E-state index contributed by atoms with van der Waals surface area (Å²) in [7, 11) is -2.94. The average Bonchev–Trinajstić information content (AvgIpc) is 2.76. The third-order valence-corrected chi connectivity index (χ3v) is 4.76. The van der Waals surface area contributed by atoms with Crippen LogP contribution < -0.4 is 10.4 Å². The summed E-state index contributed by atoms with van der Waals surface area (Å²) in [4.78, 5) is 11.6. The molecule has 2 aromatic rings. The van der Waals surface area contributed by atoms with Crippen LogP contribution in [0.15, 0.2) is 34.0 Å². The topological polar surface area (TPSA) is 86.0 Å². The minimum atomic E-state index is -4.78. The molecule has 132 valence electrons. The number of alkyl halides is 3. The third kappa shape index (κ3) is 3.97. The molecule has 0 saturated carbocycles. The van der Waals surface area contributed by atoms with Gasteiger partial charge in [0.1, 0.15) is 0 Å². The van der Waals surface area contributed by atoms with E-state index in [1.807, 2.05) is 0 Å². The molecule has 0 aliphatic rings. The maximum Gasteiger partial charge on any atom is 0.451 e. The van der Waals surface area contributed by atoms with Gasteiger partial charge in [-0.3, -0.25) is 4.57 Å². The van der Waals surface area contributed by atoms with Crippen LogP contribution in [0.4, 0.5) is 13.2 Å². The van der Waals surface area contributed by atoms with E-state index >= 15 is 0 Å². The number of nitrogens with zero attached hydrogens (tertiary/aromatic N) is 3. The van der Waals surface area contributed by atoms with Crippen molar-refractivity contribution in [1.82, 2.24) is 19.1 Å². The number of sulfonamides is 1. The summed E-state index contributed by atoms with van der Waals surface area (Å²) in [5.41, 5.74) is -0.993. The number of hydrogen-bond acceptors (Lipinski definition) is 4. The first-order chi connectivity index (χ1) is 11.0. The minimum Gasteiger partial charge on any atom is -0.274 e. The molecule has 1 N–H and O–H groups in total. The van der Waals surface area contributed by atoms with Crippen molar-refractivity contribution in [3.8, 4) is 0 Å². The molecular weight excluding hydrogens is 373 g/mol. The third-order valence-electron chi connectivity index (χ3n) is 3.03. The number of hydrogen-bond donors (Lipinski definition) is 1. The van der Waals surface area contributed by atoms with Crippen molar-refractivity contribution >= 4 is 21.6 Å². The fourth-order valence-corrected chi connectivity index (χ4v) is 3.01. The first kappa shape index (κ1) is 18.5. The molecule has 7 nitrogen and oxygen atoms in total. The van der Waals surface area contributed by atoms with E-state index in [9.17, 15) is 26.4 Å². The Morgan fingerprint density at radius 3 is 2.33 bits per heavy atom. The first-order valence-corrected chi connectivity index (χ1v) is 8.35. The standard InChI is InChI=1S/C12H12ClF3N4O3S/c1-19-10(12(14,15)16)18-20(11(19)21)7-6-17-24(22,23)9-4-2-8(13)3-5-9/h2-5,17H,6-7H2,1H3. The van der Waals surface area contributed by atoms with Crippen molar-refractivity contribution in [2.45, 2.75) is 17.6 Å². The molecule has 0 unspecified atom stereocenters. The van der Waals surface area contributed by atoms with E-state index in [-0.39, 0.29) is 18.0 Å². The minimum absolute atomic E-state index is 0.0590. The van der Waals surface area contributed by atoms with Gasteiger partial charge in [0.25, 0.3) is 0 Å². The van der Waals surface area contributed by atoms with Gasteiger partial charge >= 0.3 is 11.9 Å². The molecule has 24 heavy (non-hydrogen) atoms. The number of benzene rings is 1. The van der Waals surface area contributed by atoms with E-state index in [0.717, 1.165) is 7.05 Å². The summed E-state index contributed by atoms with van der Waals surface area (Å²) in [5.74, 6) is -1.35. The van der Waals surface area contributed by atoms with Crippen LogP contribution in [0.3, 0.4) is 0 Å². The Kier molecular flexibility index (Phi) is 5.06. The van der Waals surface area contributed by atoms with Crippen molar-refractivity contribution in [2.24, 2.45) is 7.05 Å². The van der Waals surface area contributed by atoms with Gasteiger partial charge in [-0.25, -0.2) is 22.6 Å². The monoisotopic (exact) mass is 384 g/mol. The lowest BCUT2D eigenvalue weighted by Crippen LogP contribution is -2.31. The first-order valence-electron chi connectivity index (χ1n) is 6.48. The average molecular weight is 385 g/mol. The van der Waals surface area contributed by atoms with Crippen LogP contribution in [0.25, 0.3) is 0 Å². The van der Waals surface area contributed by atoms with Crippen molar-refractivity contribution in [1.29, 1.82) is 0 Å². The van der Waals surface area contributed by atoms with E-state index in [1.54, 1.807) is 0 Å². The van der Waals surface area contributed by atoms with Crippen LogP contribution in [-0.2, 0) is 29.8 Å². The smallest absolute Gasteiger partial charge is 0.274 e. The molecule has 1 aromatic heterocycles. The van der Waals surface area contributed by atoms with Gasteiger partial charge in [-0.05, 0) is 24.3 Å². The van der Waals surface area contributed by atoms with Gasteiger partial charge < -0.3 is 0 Å². The summed E-state index contributed by atoms with van der Waals surface area (Å²) in [6.07, 6.45) is -4.78. The summed E-state index contributed by atoms with van der Waals surface area (Å²) in [6.45, 7) is -0.658. The molecular formula is C12H12ClF3N4O3S. The number of halogens is 4. The van der Waals surface area contributed by atoms with Gasteiger partial charge in [0, 0.05) is 18.6 Å². The van der Waals surface area contributed by atoms with Gasteiger partial charge in [0.15, 0.2) is 0 Å². The second-order valence-corrected chi connectivity index (χ2v) is 6.94. The van der Waals surface area contributed by atoms with Crippen LogP contribution in [0.2, 0.25) is 5.02 Å². The predicted molar refractivity (Wildman–Crippen MR) is 79.1 cm³/mol. The molecule has 12 heteroatoms. The lowest BCUT2D eigenvalue weighted by atomic mass is 10.4.